The molecule has 1 aliphatic carbocycles. The summed E-state index contributed by atoms with van der Waals surface area (Å²) in [5, 5.41) is 0. The zero-order valence-electron chi connectivity index (χ0n) is 21.0. The van der Waals surface area contributed by atoms with E-state index in [4.69, 9.17) is 19.2 Å². The number of ketones is 1. The van der Waals surface area contributed by atoms with Crippen molar-refractivity contribution >= 4 is 17.5 Å². The predicted octanol–water partition coefficient (Wildman–Crippen LogP) is 5.62. The minimum Gasteiger partial charge on any atom is -0.497 e. The van der Waals surface area contributed by atoms with Gasteiger partial charge in [-0.3, -0.25) is 14.6 Å². The average molecular weight is 476 g/mol. The van der Waals surface area contributed by atoms with Gasteiger partial charge in [-0.15, -0.1) is 0 Å². The molecule has 0 amide bonds. The molecule has 0 N–H and O–H groups in total. The van der Waals surface area contributed by atoms with Gasteiger partial charge in [-0.25, -0.2) is 0 Å². The molecule has 0 spiro atoms. The van der Waals surface area contributed by atoms with Gasteiger partial charge < -0.3 is 14.2 Å². The molecule has 2 aromatic rings. The molecule has 184 valence electrons. The standard InChI is InChI=1S/C29H33NO5/c1-6-34-29(32)26-18(4)30-23-15-20(19-11-13-21(33-5)14-12-19)16-24(31)28(23)27(26)22-9-7-8-10-25(22)35-17(2)3/h7-14,17,20,26-27H,6,15-16H2,1-5H3/t20-,26?,27-/m0/s1. The van der Waals surface area contributed by atoms with Crippen LogP contribution in [-0.2, 0) is 14.3 Å². The van der Waals surface area contributed by atoms with Gasteiger partial charge in [0.25, 0.3) is 0 Å². The summed E-state index contributed by atoms with van der Waals surface area (Å²) in [5.74, 6) is -0.0508. The minimum atomic E-state index is -0.674. The number of hydrogen-bond acceptors (Lipinski definition) is 6. The van der Waals surface area contributed by atoms with Gasteiger partial charge in [-0.05, 0) is 63.8 Å². The highest BCUT2D eigenvalue weighted by molar-refractivity contribution is 6.09. The van der Waals surface area contributed by atoms with Crippen LogP contribution in [0.3, 0.4) is 0 Å². The number of ether oxygens (including phenoxy) is 3. The molecule has 0 bridgehead atoms. The SMILES string of the molecule is CCOC(=O)C1C(C)=NC2=C(C(=O)C[C@@H](c3ccc(OC)cc3)C2)[C@H]1c1ccccc1OC(C)C. The first-order valence-corrected chi connectivity index (χ1v) is 12.2. The van der Waals surface area contributed by atoms with E-state index in [0.717, 1.165) is 22.6 Å². The van der Waals surface area contributed by atoms with Crippen molar-refractivity contribution in [3.05, 3.63) is 70.9 Å². The van der Waals surface area contributed by atoms with Gasteiger partial charge in [-0.1, -0.05) is 30.3 Å². The van der Waals surface area contributed by atoms with Gasteiger partial charge in [0.2, 0.25) is 0 Å². The van der Waals surface area contributed by atoms with Crippen LogP contribution in [0.4, 0.5) is 0 Å². The van der Waals surface area contributed by atoms with Crippen molar-refractivity contribution in [2.45, 2.75) is 58.5 Å². The number of carbonyl (C=O) groups is 2. The Bertz CT molecular complexity index is 1160. The molecule has 0 aromatic heterocycles. The first-order valence-electron chi connectivity index (χ1n) is 12.2. The van der Waals surface area contributed by atoms with E-state index in [2.05, 4.69) is 0 Å². The number of rotatable bonds is 7. The molecule has 2 aromatic carbocycles. The van der Waals surface area contributed by atoms with Gasteiger partial charge in [0.1, 0.15) is 17.4 Å². The minimum absolute atomic E-state index is 0.0157. The van der Waals surface area contributed by atoms with Crippen molar-refractivity contribution in [3.8, 4) is 11.5 Å². The maximum atomic E-state index is 13.7. The van der Waals surface area contributed by atoms with Crippen LogP contribution in [0.1, 0.15) is 63.5 Å². The van der Waals surface area contributed by atoms with Crippen LogP contribution in [0.25, 0.3) is 0 Å². The number of carbonyl (C=O) groups excluding carboxylic acids is 2. The number of nitrogens with zero attached hydrogens (tertiary/aromatic N) is 1. The van der Waals surface area contributed by atoms with Crippen molar-refractivity contribution in [1.82, 2.24) is 0 Å². The maximum Gasteiger partial charge on any atom is 0.315 e. The van der Waals surface area contributed by atoms with Gasteiger partial charge in [0.15, 0.2) is 5.78 Å². The zero-order chi connectivity index (χ0) is 25.1. The fourth-order valence-electron chi connectivity index (χ4n) is 5.14. The fourth-order valence-corrected chi connectivity index (χ4v) is 5.14. The van der Waals surface area contributed by atoms with E-state index in [9.17, 15) is 9.59 Å². The second-order valence-corrected chi connectivity index (χ2v) is 9.33. The Hall–Kier alpha value is -3.41. The Balaban J connectivity index is 1.81. The second kappa shape index (κ2) is 10.5. The molecule has 2 aliphatic rings. The Morgan fingerprint density at radius 3 is 2.46 bits per heavy atom. The van der Waals surface area contributed by atoms with Crippen LogP contribution in [0, 0.1) is 5.92 Å². The van der Waals surface area contributed by atoms with Crippen molar-refractivity contribution in [1.29, 1.82) is 0 Å². The lowest BCUT2D eigenvalue weighted by Gasteiger charge is -2.37. The molecule has 0 fully saturated rings. The summed E-state index contributed by atoms with van der Waals surface area (Å²) in [4.78, 5) is 31.7. The second-order valence-electron chi connectivity index (χ2n) is 9.33. The molecule has 0 radical (unpaired) electrons. The molecule has 4 rings (SSSR count). The van der Waals surface area contributed by atoms with E-state index >= 15 is 0 Å². The lowest BCUT2D eigenvalue weighted by molar-refractivity contribution is -0.146. The Morgan fingerprint density at radius 2 is 1.80 bits per heavy atom. The lowest BCUT2D eigenvalue weighted by Crippen LogP contribution is -2.38. The third-order valence-corrected chi connectivity index (χ3v) is 6.63. The first-order chi connectivity index (χ1) is 16.8. The predicted molar refractivity (Wildman–Crippen MR) is 135 cm³/mol. The largest absolute Gasteiger partial charge is 0.497 e. The summed E-state index contributed by atoms with van der Waals surface area (Å²) < 4.78 is 16.8. The molecular formula is C29H33NO5. The van der Waals surface area contributed by atoms with E-state index in [1.807, 2.05) is 69.3 Å². The highest BCUT2D eigenvalue weighted by Crippen LogP contribution is 2.48. The Labute approximate surface area is 207 Å². The molecule has 35 heavy (non-hydrogen) atoms. The quantitative estimate of drug-likeness (QED) is 0.486. The topological polar surface area (TPSA) is 74.2 Å². The van der Waals surface area contributed by atoms with E-state index in [0.29, 0.717) is 29.9 Å². The van der Waals surface area contributed by atoms with E-state index < -0.39 is 11.8 Å². The Morgan fingerprint density at radius 1 is 1.09 bits per heavy atom. The summed E-state index contributed by atoms with van der Waals surface area (Å²) >= 11 is 0. The van der Waals surface area contributed by atoms with Gasteiger partial charge >= 0.3 is 5.97 Å². The number of methoxy groups -OCH3 is 1. The highest BCUT2D eigenvalue weighted by atomic mass is 16.5. The van der Waals surface area contributed by atoms with Gasteiger partial charge in [0.05, 0.1) is 19.8 Å². The normalized spacial score (nSPS) is 21.9. The number of para-hydroxylation sites is 1. The summed E-state index contributed by atoms with van der Waals surface area (Å²) in [7, 11) is 1.64. The zero-order valence-corrected chi connectivity index (χ0v) is 21.0. The monoisotopic (exact) mass is 475 g/mol. The fraction of sp³-hybridized carbons (Fsp3) is 0.414. The maximum absolute atomic E-state index is 13.7. The van der Waals surface area contributed by atoms with Gasteiger partial charge in [0, 0.05) is 34.9 Å². The average Bonchev–Trinajstić information content (AvgIpc) is 2.83. The van der Waals surface area contributed by atoms with Crippen LogP contribution >= 0.6 is 0 Å². The number of hydrogen-bond donors (Lipinski definition) is 0. The number of Topliss-reactive ketones (excluding diaryl/α,β-unsaturated/α-hetero) is 1. The molecule has 1 aliphatic heterocycles. The molecule has 1 heterocycles. The summed E-state index contributed by atoms with van der Waals surface area (Å²) in [6.07, 6.45) is 0.939. The third-order valence-electron chi connectivity index (χ3n) is 6.63. The Kier molecular flexibility index (Phi) is 7.39. The first kappa shape index (κ1) is 24.7. The van der Waals surface area contributed by atoms with Crippen molar-refractivity contribution in [3.63, 3.8) is 0 Å². The summed E-state index contributed by atoms with van der Waals surface area (Å²) in [6.45, 7) is 7.82. The van der Waals surface area contributed by atoms with Crippen LogP contribution in [0.5, 0.6) is 11.5 Å². The molecule has 0 saturated carbocycles. The summed E-state index contributed by atoms with van der Waals surface area (Å²) in [6, 6.07) is 15.5. The number of esters is 1. The van der Waals surface area contributed by atoms with Crippen molar-refractivity contribution in [2.24, 2.45) is 10.9 Å². The van der Waals surface area contributed by atoms with Crippen LogP contribution < -0.4 is 9.47 Å². The summed E-state index contributed by atoms with van der Waals surface area (Å²) in [5.41, 5.74) is 3.92. The van der Waals surface area contributed by atoms with Crippen LogP contribution in [0.15, 0.2) is 64.8 Å². The smallest absolute Gasteiger partial charge is 0.315 e. The molecule has 3 atom stereocenters. The van der Waals surface area contributed by atoms with Crippen LogP contribution in [-0.4, -0.2) is 37.3 Å². The molecule has 0 saturated heterocycles. The van der Waals surface area contributed by atoms with Crippen molar-refractivity contribution in [2.75, 3.05) is 13.7 Å². The molecular weight excluding hydrogens is 442 g/mol. The van der Waals surface area contributed by atoms with E-state index in [1.54, 1.807) is 14.0 Å². The number of aliphatic imine (C=N–C) groups is 1. The van der Waals surface area contributed by atoms with E-state index in [-0.39, 0.29) is 30.4 Å². The molecule has 6 heteroatoms. The van der Waals surface area contributed by atoms with Crippen molar-refractivity contribution < 1.29 is 23.8 Å². The van der Waals surface area contributed by atoms with Gasteiger partial charge in [-0.2, -0.15) is 0 Å². The molecule has 1 unspecified atom stereocenters. The lowest BCUT2D eigenvalue weighted by atomic mass is 9.69. The molecule has 6 nitrogen and oxygen atoms in total. The van der Waals surface area contributed by atoms with Crippen LogP contribution in [0.2, 0.25) is 0 Å². The van der Waals surface area contributed by atoms with E-state index in [1.165, 1.54) is 0 Å². The highest BCUT2D eigenvalue weighted by Gasteiger charge is 2.45. The number of allylic oxidation sites excluding steroid dienone is 2. The third kappa shape index (κ3) is 5.02. The number of benzene rings is 2.